The normalized spacial score (nSPS) is 22.0. The number of pyridine rings is 1. The van der Waals surface area contributed by atoms with Gasteiger partial charge < -0.3 is 24.6 Å². The van der Waals surface area contributed by atoms with E-state index >= 15 is 0 Å². The van der Waals surface area contributed by atoms with Gasteiger partial charge in [0.25, 0.3) is 5.91 Å². The highest BCUT2D eigenvalue weighted by Gasteiger charge is 2.33. The molecule has 0 spiro atoms. The number of carbonyl (C=O) groups is 1. The van der Waals surface area contributed by atoms with Crippen molar-refractivity contribution in [3.63, 3.8) is 0 Å². The molecule has 1 aromatic carbocycles. The van der Waals surface area contributed by atoms with Crippen molar-refractivity contribution in [3.8, 4) is 11.3 Å². The number of anilines is 1. The summed E-state index contributed by atoms with van der Waals surface area (Å²) in [4.78, 5) is 25.3. The van der Waals surface area contributed by atoms with Crippen molar-refractivity contribution in [2.24, 2.45) is 0 Å². The fourth-order valence-electron chi connectivity index (χ4n) is 6.39. The Labute approximate surface area is 244 Å². The van der Waals surface area contributed by atoms with Crippen LogP contribution in [0.4, 0.5) is 5.82 Å². The van der Waals surface area contributed by atoms with Gasteiger partial charge in [-0.15, -0.1) is 0 Å². The van der Waals surface area contributed by atoms with Crippen molar-refractivity contribution in [3.05, 3.63) is 78.2 Å². The molecule has 2 fully saturated rings. The van der Waals surface area contributed by atoms with Crippen molar-refractivity contribution in [2.45, 2.75) is 62.9 Å². The number of aliphatic hydroxyl groups excluding tert-OH is 1. The Morgan fingerprint density at radius 2 is 1.98 bits per heavy atom. The monoisotopic (exact) mass is 565 g/mol. The molecular weight excluding hydrogens is 530 g/mol. The van der Waals surface area contributed by atoms with Gasteiger partial charge in [-0.1, -0.05) is 30.3 Å². The third-order valence-electron chi connectivity index (χ3n) is 8.85. The zero-order valence-electron chi connectivity index (χ0n) is 23.8. The molecule has 10 heteroatoms. The summed E-state index contributed by atoms with van der Waals surface area (Å²) in [5, 5.41) is 18.6. The molecule has 1 amide bonds. The number of amides is 1. The lowest BCUT2D eigenvalue weighted by atomic mass is 9.89. The highest BCUT2D eigenvalue weighted by atomic mass is 16.5. The quantitative estimate of drug-likeness (QED) is 0.287. The maximum atomic E-state index is 13.4. The molecule has 4 aromatic heterocycles. The zero-order valence-corrected chi connectivity index (χ0v) is 23.8. The lowest BCUT2D eigenvalue weighted by molar-refractivity contribution is 0.0448. The fourth-order valence-corrected chi connectivity index (χ4v) is 6.39. The zero-order chi connectivity index (χ0) is 28.8. The molecule has 2 N–H and O–H groups in total. The van der Waals surface area contributed by atoms with Gasteiger partial charge in [0.15, 0.2) is 5.65 Å². The number of methoxy groups -OCH3 is 1. The van der Waals surface area contributed by atoms with E-state index in [1.807, 2.05) is 43.6 Å². The molecule has 5 aromatic rings. The summed E-state index contributed by atoms with van der Waals surface area (Å²) in [6.45, 7) is 0.649. The number of carbonyl (C=O) groups excluding carboxylic acids is 1. The summed E-state index contributed by atoms with van der Waals surface area (Å²) >= 11 is 0. The maximum Gasteiger partial charge on any atom is 0.257 e. The van der Waals surface area contributed by atoms with Crippen LogP contribution in [-0.4, -0.2) is 67.6 Å². The SMILES string of the molecule is CO[C@@H]1CCC[C@H]1n1cc(-c2cc(N(C)Cc3ccccc3)n3ncc(C(=O)NC4CCC4O)c3n2)c2cccnc21. The van der Waals surface area contributed by atoms with Gasteiger partial charge in [0.05, 0.1) is 36.2 Å². The Hall–Kier alpha value is -4.28. The molecule has 0 aliphatic heterocycles. The standard InChI is InChI=1S/C32H35N7O3/c1-37(18-20-8-4-3-5-9-20)29-16-25(35-31-22(17-34-39(29)31)32(41)36-24-13-14-27(24)40)23-19-38(26-11-6-12-28(26)42-2)30-21(23)10-7-15-33-30/h3-5,7-10,15-17,19,24,26-28,40H,6,11-14,18H2,1-2H3,(H,36,41)/t24?,26-,27?,28-/m1/s1. The van der Waals surface area contributed by atoms with E-state index in [1.54, 1.807) is 17.8 Å². The Morgan fingerprint density at radius 1 is 1.12 bits per heavy atom. The predicted octanol–water partition coefficient (Wildman–Crippen LogP) is 4.38. The van der Waals surface area contributed by atoms with Crippen LogP contribution in [0.25, 0.3) is 27.9 Å². The number of rotatable bonds is 8. The smallest absolute Gasteiger partial charge is 0.257 e. The van der Waals surface area contributed by atoms with E-state index < -0.39 is 6.10 Å². The van der Waals surface area contributed by atoms with Crippen LogP contribution in [0.3, 0.4) is 0 Å². The molecule has 2 saturated carbocycles. The number of ether oxygens (including phenoxy) is 1. The van der Waals surface area contributed by atoms with Crippen LogP contribution < -0.4 is 10.2 Å². The minimum absolute atomic E-state index is 0.130. The number of fused-ring (bicyclic) bond motifs is 2. The molecule has 0 saturated heterocycles. The number of benzene rings is 1. The third kappa shape index (κ3) is 4.60. The molecule has 0 radical (unpaired) electrons. The summed E-state index contributed by atoms with van der Waals surface area (Å²) in [5.41, 5.74) is 4.57. The first kappa shape index (κ1) is 26.6. The summed E-state index contributed by atoms with van der Waals surface area (Å²) in [6.07, 6.45) is 9.74. The minimum atomic E-state index is -0.517. The van der Waals surface area contributed by atoms with Gasteiger partial charge in [-0.3, -0.25) is 4.79 Å². The van der Waals surface area contributed by atoms with Crippen LogP contribution in [0.2, 0.25) is 0 Å². The molecule has 2 aliphatic carbocycles. The molecule has 216 valence electrons. The third-order valence-corrected chi connectivity index (χ3v) is 8.85. The first-order valence-electron chi connectivity index (χ1n) is 14.6. The summed E-state index contributed by atoms with van der Waals surface area (Å²) < 4.78 is 9.82. The lowest BCUT2D eigenvalue weighted by Crippen LogP contribution is -2.50. The second-order valence-corrected chi connectivity index (χ2v) is 11.5. The van der Waals surface area contributed by atoms with Gasteiger partial charge in [0, 0.05) is 50.1 Å². The number of hydrogen-bond donors (Lipinski definition) is 2. The number of aliphatic hydroxyl groups is 1. The van der Waals surface area contributed by atoms with E-state index in [4.69, 9.17) is 14.7 Å². The Kier molecular flexibility index (Phi) is 6.87. The molecule has 42 heavy (non-hydrogen) atoms. The Bertz CT molecular complexity index is 1750. The van der Waals surface area contributed by atoms with Crippen LogP contribution in [0.15, 0.2) is 67.1 Å². The first-order chi connectivity index (χ1) is 20.5. The molecule has 4 atom stereocenters. The van der Waals surface area contributed by atoms with Crippen LogP contribution in [0, 0.1) is 0 Å². The summed E-state index contributed by atoms with van der Waals surface area (Å²) in [6, 6.07) is 16.2. The first-order valence-corrected chi connectivity index (χ1v) is 14.6. The second-order valence-electron chi connectivity index (χ2n) is 11.5. The van der Waals surface area contributed by atoms with Crippen molar-refractivity contribution in [1.82, 2.24) is 29.5 Å². The van der Waals surface area contributed by atoms with Gasteiger partial charge in [0.1, 0.15) is 17.0 Å². The van der Waals surface area contributed by atoms with E-state index in [0.29, 0.717) is 24.2 Å². The number of nitrogens with zero attached hydrogens (tertiary/aromatic N) is 6. The van der Waals surface area contributed by atoms with Crippen LogP contribution in [-0.2, 0) is 11.3 Å². The fraction of sp³-hybridized carbons (Fsp3) is 0.375. The van der Waals surface area contributed by atoms with Crippen molar-refractivity contribution in [2.75, 3.05) is 19.1 Å². The largest absolute Gasteiger partial charge is 0.391 e. The van der Waals surface area contributed by atoms with Gasteiger partial charge in [-0.05, 0) is 49.8 Å². The average Bonchev–Trinajstić information content (AvgIpc) is 3.75. The van der Waals surface area contributed by atoms with E-state index in [1.165, 1.54) is 0 Å². The van der Waals surface area contributed by atoms with E-state index in [2.05, 4.69) is 44.3 Å². The van der Waals surface area contributed by atoms with Gasteiger partial charge >= 0.3 is 0 Å². The highest BCUT2D eigenvalue weighted by molar-refractivity contribution is 6.01. The lowest BCUT2D eigenvalue weighted by Gasteiger charge is -2.32. The van der Waals surface area contributed by atoms with Crippen molar-refractivity contribution in [1.29, 1.82) is 0 Å². The Balaban J connectivity index is 1.37. The predicted molar refractivity (Wildman–Crippen MR) is 160 cm³/mol. The average molecular weight is 566 g/mol. The Morgan fingerprint density at radius 3 is 2.74 bits per heavy atom. The number of aromatic nitrogens is 5. The minimum Gasteiger partial charge on any atom is -0.391 e. The molecule has 2 unspecified atom stereocenters. The maximum absolute atomic E-state index is 13.4. The van der Waals surface area contributed by atoms with Crippen LogP contribution in [0.1, 0.15) is 54.1 Å². The topological polar surface area (TPSA) is 110 Å². The van der Waals surface area contributed by atoms with Gasteiger partial charge in [-0.2, -0.15) is 9.61 Å². The summed E-state index contributed by atoms with van der Waals surface area (Å²) in [7, 11) is 3.80. The van der Waals surface area contributed by atoms with Crippen molar-refractivity contribution >= 4 is 28.4 Å². The highest BCUT2D eigenvalue weighted by Crippen LogP contribution is 2.39. The number of nitrogens with one attached hydrogen (secondary N) is 1. The second kappa shape index (κ2) is 10.8. The number of hydrogen-bond acceptors (Lipinski definition) is 7. The van der Waals surface area contributed by atoms with Gasteiger partial charge in [-0.25, -0.2) is 9.97 Å². The van der Waals surface area contributed by atoms with Crippen LogP contribution in [0.5, 0.6) is 0 Å². The molecule has 0 bridgehead atoms. The molecule has 10 nitrogen and oxygen atoms in total. The van der Waals surface area contributed by atoms with Crippen LogP contribution >= 0.6 is 0 Å². The molecule has 7 rings (SSSR count). The molecule has 2 aliphatic rings. The molecule has 4 heterocycles. The summed E-state index contributed by atoms with van der Waals surface area (Å²) in [5.74, 6) is 0.523. The van der Waals surface area contributed by atoms with E-state index in [0.717, 1.165) is 59.4 Å². The van der Waals surface area contributed by atoms with E-state index in [-0.39, 0.29) is 24.1 Å². The van der Waals surface area contributed by atoms with Crippen molar-refractivity contribution < 1.29 is 14.6 Å². The van der Waals surface area contributed by atoms with E-state index in [9.17, 15) is 9.90 Å². The van der Waals surface area contributed by atoms with Gasteiger partial charge in [0.2, 0.25) is 0 Å². The molecular formula is C32H35N7O3.